The number of carbonyl (C=O) groups excluding carboxylic acids is 2. The second-order valence-corrected chi connectivity index (χ2v) is 7.45. The highest BCUT2D eigenvalue weighted by molar-refractivity contribution is 5.99. The van der Waals surface area contributed by atoms with Crippen molar-refractivity contribution in [2.24, 2.45) is 0 Å². The van der Waals surface area contributed by atoms with Crippen molar-refractivity contribution in [2.45, 2.75) is 19.8 Å². The van der Waals surface area contributed by atoms with Crippen LogP contribution in [0, 0.1) is 0 Å². The van der Waals surface area contributed by atoms with E-state index in [2.05, 4.69) is 14.8 Å². The number of anilines is 2. The van der Waals surface area contributed by atoms with Gasteiger partial charge in [-0.2, -0.15) is 0 Å². The van der Waals surface area contributed by atoms with Gasteiger partial charge in [0.1, 0.15) is 5.82 Å². The Labute approximate surface area is 165 Å². The highest BCUT2D eigenvalue weighted by atomic mass is 16.2. The van der Waals surface area contributed by atoms with Crippen molar-refractivity contribution in [1.29, 1.82) is 0 Å². The number of aromatic nitrogens is 1. The molecule has 0 bridgehead atoms. The van der Waals surface area contributed by atoms with Gasteiger partial charge in [0.2, 0.25) is 5.91 Å². The molecule has 0 spiro atoms. The van der Waals surface area contributed by atoms with E-state index < -0.39 is 0 Å². The molecule has 1 amide bonds. The Morgan fingerprint density at radius 3 is 2.57 bits per heavy atom. The van der Waals surface area contributed by atoms with Gasteiger partial charge in [-0.25, -0.2) is 4.98 Å². The summed E-state index contributed by atoms with van der Waals surface area (Å²) in [4.78, 5) is 35.2. The SMILES string of the molecule is CC(=O)N1CCc2cc(C(=O)CCN3CCN(c4ccccn4)CC3)ccc21. The van der Waals surface area contributed by atoms with Crippen molar-refractivity contribution < 1.29 is 9.59 Å². The fourth-order valence-electron chi connectivity index (χ4n) is 4.05. The van der Waals surface area contributed by atoms with Crippen molar-refractivity contribution >= 4 is 23.2 Å². The van der Waals surface area contributed by atoms with Crippen LogP contribution in [-0.2, 0) is 11.2 Å². The van der Waals surface area contributed by atoms with Crippen LogP contribution in [0.3, 0.4) is 0 Å². The van der Waals surface area contributed by atoms with E-state index in [0.717, 1.165) is 61.8 Å². The average molecular weight is 378 g/mol. The topological polar surface area (TPSA) is 56.8 Å². The number of pyridine rings is 1. The first-order valence-electron chi connectivity index (χ1n) is 9.94. The third-order valence-corrected chi connectivity index (χ3v) is 5.68. The monoisotopic (exact) mass is 378 g/mol. The smallest absolute Gasteiger partial charge is 0.223 e. The molecule has 0 unspecified atom stereocenters. The summed E-state index contributed by atoms with van der Waals surface area (Å²) in [7, 11) is 0. The van der Waals surface area contributed by atoms with Crippen molar-refractivity contribution in [3.63, 3.8) is 0 Å². The van der Waals surface area contributed by atoms with Crippen molar-refractivity contribution in [1.82, 2.24) is 9.88 Å². The second kappa shape index (κ2) is 8.10. The van der Waals surface area contributed by atoms with Gasteiger partial charge in [-0.15, -0.1) is 0 Å². The summed E-state index contributed by atoms with van der Waals surface area (Å²) in [6, 6.07) is 11.7. The minimum Gasteiger partial charge on any atom is -0.354 e. The fraction of sp³-hybridized carbons (Fsp3) is 0.409. The number of nitrogens with zero attached hydrogens (tertiary/aromatic N) is 4. The molecule has 4 rings (SSSR count). The van der Waals surface area contributed by atoms with E-state index in [4.69, 9.17) is 0 Å². The first kappa shape index (κ1) is 18.6. The number of piperazine rings is 1. The molecule has 146 valence electrons. The molecule has 0 N–H and O–H groups in total. The molecular weight excluding hydrogens is 352 g/mol. The summed E-state index contributed by atoms with van der Waals surface area (Å²) in [5.74, 6) is 1.26. The quantitative estimate of drug-likeness (QED) is 0.748. The Hall–Kier alpha value is -2.73. The fourth-order valence-corrected chi connectivity index (χ4v) is 4.05. The Morgan fingerprint density at radius 2 is 1.86 bits per heavy atom. The van der Waals surface area contributed by atoms with Crippen LogP contribution in [0.2, 0.25) is 0 Å². The normalized spacial score (nSPS) is 16.9. The molecule has 3 heterocycles. The molecule has 1 aromatic heterocycles. The molecule has 28 heavy (non-hydrogen) atoms. The average Bonchev–Trinajstić information content (AvgIpc) is 3.16. The van der Waals surface area contributed by atoms with Gasteiger partial charge in [-0.1, -0.05) is 6.07 Å². The van der Waals surface area contributed by atoms with Crippen molar-refractivity contribution in [3.8, 4) is 0 Å². The van der Waals surface area contributed by atoms with E-state index in [1.807, 2.05) is 42.6 Å². The summed E-state index contributed by atoms with van der Waals surface area (Å²) >= 11 is 0. The number of hydrogen-bond donors (Lipinski definition) is 0. The van der Waals surface area contributed by atoms with Gasteiger partial charge >= 0.3 is 0 Å². The maximum absolute atomic E-state index is 12.7. The summed E-state index contributed by atoms with van der Waals surface area (Å²) in [6.45, 7) is 6.84. The molecule has 0 radical (unpaired) electrons. The van der Waals surface area contributed by atoms with E-state index in [9.17, 15) is 9.59 Å². The Morgan fingerprint density at radius 1 is 1.04 bits per heavy atom. The zero-order valence-electron chi connectivity index (χ0n) is 16.3. The Balaban J connectivity index is 1.29. The largest absolute Gasteiger partial charge is 0.354 e. The molecule has 0 saturated carbocycles. The summed E-state index contributed by atoms with van der Waals surface area (Å²) in [5.41, 5.74) is 2.82. The number of carbonyl (C=O) groups is 2. The predicted octanol–water partition coefficient (Wildman–Crippen LogP) is 2.39. The summed E-state index contributed by atoms with van der Waals surface area (Å²) < 4.78 is 0. The van der Waals surface area contributed by atoms with Gasteiger partial charge in [0.15, 0.2) is 5.78 Å². The number of Topliss-reactive ketones (excluding diaryl/α,β-unsaturated/α-hetero) is 1. The zero-order chi connectivity index (χ0) is 19.5. The van der Waals surface area contributed by atoms with Crippen LogP contribution in [0.1, 0.15) is 29.3 Å². The first-order valence-corrected chi connectivity index (χ1v) is 9.94. The number of amides is 1. The highest BCUT2D eigenvalue weighted by Crippen LogP contribution is 2.29. The number of benzene rings is 1. The third kappa shape index (κ3) is 3.92. The molecule has 1 fully saturated rings. The van der Waals surface area contributed by atoms with Gasteiger partial charge in [-0.3, -0.25) is 14.5 Å². The molecule has 1 aromatic carbocycles. The minimum atomic E-state index is 0.0580. The lowest BCUT2D eigenvalue weighted by Crippen LogP contribution is -2.47. The van der Waals surface area contributed by atoms with Crippen LogP contribution >= 0.6 is 0 Å². The molecule has 0 atom stereocenters. The molecule has 6 heteroatoms. The molecule has 1 saturated heterocycles. The number of fused-ring (bicyclic) bond motifs is 1. The first-order chi connectivity index (χ1) is 13.6. The van der Waals surface area contributed by atoms with Crippen LogP contribution in [0.5, 0.6) is 0 Å². The highest BCUT2D eigenvalue weighted by Gasteiger charge is 2.23. The van der Waals surface area contributed by atoms with Crippen LogP contribution in [0.4, 0.5) is 11.5 Å². The molecule has 2 aliphatic heterocycles. The molecule has 2 aliphatic rings. The van der Waals surface area contributed by atoms with E-state index in [-0.39, 0.29) is 11.7 Å². The lowest BCUT2D eigenvalue weighted by atomic mass is 10.0. The lowest BCUT2D eigenvalue weighted by Gasteiger charge is -2.35. The van der Waals surface area contributed by atoms with Crippen LogP contribution in [-0.4, -0.2) is 60.8 Å². The van der Waals surface area contributed by atoms with Crippen LogP contribution in [0.15, 0.2) is 42.6 Å². The van der Waals surface area contributed by atoms with E-state index >= 15 is 0 Å². The zero-order valence-corrected chi connectivity index (χ0v) is 16.3. The Kier molecular flexibility index (Phi) is 5.39. The van der Waals surface area contributed by atoms with Crippen molar-refractivity contribution in [2.75, 3.05) is 49.1 Å². The summed E-state index contributed by atoms with van der Waals surface area (Å²) in [5, 5.41) is 0. The van der Waals surface area contributed by atoms with Gasteiger partial charge in [0.05, 0.1) is 0 Å². The third-order valence-electron chi connectivity index (χ3n) is 5.68. The Bertz CT molecular complexity index is 860. The number of ketones is 1. The van der Waals surface area contributed by atoms with E-state index in [1.54, 1.807) is 11.8 Å². The molecule has 0 aliphatic carbocycles. The minimum absolute atomic E-state index is 0.0580. The molecule has 2 aromatic rings. The molecular formula is C22H26N4O2. The standard InChI is InChI=1S/C22H26N4O2/c1-17(27)26-11-7-18-16-19(5-6-20(18)26)21(28)8-10-24-12-14-25(15-13-24)22-4-2-3-9-23-22/h2-6,9,16H,7-8,10-15H2,1H3. The second-order valence-electron chi connectivity index (χ2n) is 7.45. The molecule has 6 nitrogen and oxygen atoms in total. The van der Waals surface area contributed by atoms with Gasteiger partial charge < -0.3 is 9.80 Å². The lowest BCUT2D eigenvalue weighted by molar-refractivity contribution is -0.116. The van der Waals surface area contributed by atoms with Gasteiger partial charge in [0, 0.05) is 70.1 Å². The maximum Gasteiger partial charge on any atom is 0.223 e. The van der Waals surface area contributed by atoms with Crippen LogP contribution < -0.4 is 9.80 Å². The summed E-state index contributed by atoms with van der Waals surface area (Å²) in [6.07, 6.45) is 3.18. The van der Waals surface area contributed by atoms with E-state index in [1.165, 1.54) is 0 Å². The number of hydrogen-bond acceptors (Lipinski definition) is 5. The van der Waals surface area contributed by atoms with E-state index in [0.29, 0.717) is 13.0 Å². The van der Waals surface area contributed by atoms with Gasteiger partial charge in [0.25, 0.3) is 0 Å². The predicted molar refractivity (Wildman–Crippen MR) is 110 cm³/mol. The maximum atomic E-state index is 12.7. The van der Waals surface area contributed by atoms with Crippen LogP contribution in [0.25, 0.3) is 0 Å². The van der Waals surface area contributed by atoms with Gasteiger partial charge in [-0.05, 0) is 42.3 Å². The number of rotatable bonds is 5. The van der Waals surface area contributed by atoms with Crippen molar-refractivity contribution in [3.05, 3.63) is 53.7 Å².